The summed E-state index contributed by atoms with van der Waals surface area (Å²) in [6.07, 6.45) is 0.774. The predicted octanol–water partition coefficient (Wildman–Crippen LogP) is 3.73. The topological polar surface area (TPSA) is 88.8 Å². The molecule has 0 radical (unpaired) electrons. The molecule has 0 aliphatic rings. The lowest BCUT2D eigenvalue weighted by Crippen LogP contribution is -2.38. The van der Waals surface area contributed by atoms with Crippen LogP contribution in [0.1, 0.15) is 43.6 Å². The van der Waals surface area contributed by atoms with Crippen LogP contribution in [0.2, 0.25) is 0 Å². The maximum Gasteiger partial charge on any atom is 0.407 e. The van der Waals surface area contributed by atoms with Crippen molar-refractivity contribution in [3.8, 4) is 0 Å². The number of alkyl carbamates (subject to hydrolysis) is 1. The molecule has 1 unspecified atom stereocenters. The lowest BCUT2D eigenvalue weighted by atomic mass is 10.0. The monoisotopic (exact) mass is 337 g/mol. The number of rotatable bonds is 4. The van der Waals surface area contributed by atoms with Gasteiger partial charge in [-0.25, -0.2) is 14.0 Å². The van der Waals surface area contributed by atoms with Gasteiger partial charge >= 0.3 is 12.1 Å². The van der Waals surface area contributed by atoms with Crippen molar-refractivity contribution in [3.63, 3.8) is 0 Å². The van der Waals surface area contributed by atoms with Crippen molar-refractivity contribution < 1.29 is 28.2 Å². The quantitative estimate of drug-likeness (QED) is 0.887. The molecule has 1 atom stereocenters. The summed E-state index contributed by atoms with van der Waals surface area (Å²) >= 11 is 0. The molecule has 2 rings (SSSR count). The number of carboxylic acids is 1. The Morgan fingerprint density at radius 3 is 2.62 bits per heavy atom. The van der Waals surface area contributed by atoms with Crippen LogP contribution in [0.15, 0.2) is 22.8 Å². The first-order valence-corrected chi connectivity index (χ1v) is 7.49. The third-order valence-corrected chi connectivity index (χ3v) is 3.24. The number of carbonyl (C=O) groups is 2. The van der Waals surface area contributed by atoms with E-state index in [1.807, 2.05) is 0 Å². The van der Waals surface area contributed by atoms with Crippen LogP contribution in [0.5, 0.6) is 0 Å². The fourth-order valence-corrected chi connectivity index (χ4v) is 2.38. The summed E-state index contributed by atoms with van der Waals surface area (Å²) in [4.78, 5) is 22.9. The molecule has 2 aromatic rings. The highest BCUT2D eigenvalue weighted by molar-refractivity contribution is 6.02. The molecule has 1 aromatic carbocycles. The maximum atomic E-state index is 13.8. The van der Waals surface area contributed by atoms with Crippen molar-refractivity contribution in [2.75, 3.05) is 0 Å². The summed E-state index contributed by atoms with van der Waals surface area (Å²) < 4.78 is 24.3. The molecule has 2 N–H and O–H groups in total. The van der Waals surface area contributed by atoms with E-state index in [9.17, 15) is 14.0 Å². The molecule has 1 aromatic heterocycles. The summed E-state index contributed by atoms with van der Waals surface area (Å²) in [5.41, 5.74) is 0.0547. The van der Waals surface area contributed by atoms with Crippen LogP contribution < -0.4 is 5.32 Å². The molecule has 0 saturated carbocycles. The Balaban J connectivity index is 2.20. The second-order valence-electron chi connectivity index (χ2n) is 6.65. The second-order valence-corrected chi connectivity index (χ2v) is 6.65. The van der Waals surface area contributed by atoms with Crippen molar-refractivity contribution in [1.82, 2.24) is 5.32 Å². The zero-order valence-electron chi connectivity index (χ0n) is 14.0. The minimum atomic E-state index is -1.19. The van der Waals surface area contributed by atoms with E-state index in [1.165, 1.54) is 6.07 Å². The van der Waals surface area contributed by atoms with E-state index < -0.39 is 23.5 Å². The third kappa shape index (κ3) is 4.24. The summed E-state index contributed by atoms with van der Waals surface area (Å²) in [7, 11) is 0. The van der Waals surface area contributed by atoms with Crippen LogP contribution in [0.25, 0.3) is 11.0 Å². The number of fused-ring (bicyclic) bond motifs is 1. The number of nitrogens with one attached hydrogen (secondary N) is 1. The van der Waals surface area contributed by atoms with Crippen LogP contribution >= 0.6 is 0 Å². The molecule has 130 valence electrons. The van der Waals surface area contributed by atoms with E-state index in [-0.39, 0.29) is 23.4 Å². The van der Waals surface area contributed by atoms with Crippen LogP contribution in [0, 0.1) is 5.82 Å². The SMILES string of the molecule is CC(Cc1cc(F)cc2c(C(=O)O)coc12)NC(=O)OC(C)(C)C. The fraction of sp³-hybridized carbons (Fsp3) is 0.412. The molecule has 0 saturated heterocycles. The predicted molar refractivity (Wildman–Crippen MR) is 85.7 cm³/mol. The zero-order chi connectivity index (χ0) is 18.1. The summed E-state index contributed by atoms with van der Waals surface area (Å²) in [6.45, 7) is 7.00. The lowest BCUT2D eigenvalue weighted by Gasteiger charge is -2.22. The number of aromatic carboxylic acids is 1. The molecule has 0 aliphatic heterocycles. The van der Waals surface area contributed by atoms with Gasteiger partial charge in [0.25, 0.3) is 0 Å². The van der Waals surface area contributed by atoms with E-state index >= 15 is 0 Å². The number of hydrogen-bond acceptors (Lipinski definition) is 4. The number of furan rings is 1. The number of amides is 1. The minimum Gasteiger partial charge on any atom is -0.478 e. The zero-order valence-corrected chi connectivity index (χ0v) is 14.0. The van der Waals surface area contributed by atoms with E-state index in [1.54, 1.807) is 27.7 Å². The van der Waals surface area contributed by atoms with Crippen LogP contribution in [0.4, 0.5) is 9.18 Å². The van der Waals surface area contributed by atoms with Gasteiger partial charge in [0.05, 0.1) is 0 Å². The molecule has 7 heteroatoms. The van der Waals surface area contributed by atoms with Crippen LogP contribution in [-0.4, -0.2) is 28.8 Å². The van der Waals surface area contributed by atoms with Gasteiger partial charge in [-0.2, -0.15) is 0 Å². The maximum absolute atomic E-state index is 13.8. The van der Waals surface area contributed by atoms with Crippen molar-refractivity contribution >= 4 is 23.0 Å². The van der Waals surface area contributed by atoms with E-state index in [0.29, 0.717) is 11.1 Å². The normalized spacial score (nSPS) is 12.9. The van der Waals surface area contributed by atoms with E-state index in [4.69, 9.17) is 14.3 Å². The van der Waals surface area contributed by atoms with Crippen molar-refractivity contribution in [2.24, 2.45) is 0 Å². The van der Waals surface area contributed by atoms with Crippen LogP contribution in [0.3, 0.4) is 0 Å². The summed E-state index contributed by atoms with van der Waals surface area (Å²) in [6, 6.07) is 2.03. The van der Waals surface area contributed by atoms with Gasteiger partial charge in [0.15, 0.2) is 0 Å². The smallest absolute Gasteiger partial charge is 0.407 e. The van der Waals surface area contributed by atoms with Crippen molar-refractivity contribution in [3.05, 3.63) is 35.3 Å². The Labute approximate surface area is 138 Å². The average Bonchev–Trinajstić information content (AvgIpc) is 2.79. The average molecular weight is 337 g/mol. The molecule has 0 fully saturated rings. The second kappa shape index (κ2) is 6.51. The lowest BCUT2D eigenvalue weighted by molar-refractivity contribution is 0.0508. The Kier molecular flexibility index (Phi) is 4.82. The fourth-order valence-electron chi connectivity index (χ4n) is 2.38. The molecule has 0 aliphatic carbocycles. The van der Waals surface area contributed by atoms with Gasteiger partial charge < -0.3 is 19.6 Å². The van der Waals surface area contributed by atoms with Gasteiger partial charge in [0.2, 0.25) is 0 Å². The van der Waals surface area contributed by atoms with Gasteiger partial charge in [-0.05, 0) is 46.2 Å². The highest BCUT2D eigenvalue weighted by Gasteiger charge is 2.20. The van der Waals surface area contributed by atoms with E-state index in [2.05, 4.69) is 5.32 Å². The summed E-state index contributed by atoms with van der Waals surface area (Å²) in [5.74, 6) is -1.75. The highest BCUT2D eigenvalue weighted by Crippen LogP contribution is 2.27. The number of hydrogen-bond donors (Lipinski definition) is 2. The highest BCUT2D eigenvalue weighted by atomic mass is 19.1. The van der Waals surface area contributed by atoms with Crippen molar-refractivity contribution in [2.45, 2.75) is 45.8 Å². The first-order chi connectivity index (χ1) is 11.1. The first-order valence-electron chi connectivity index (χ1n) is 7.49. The molecular weight excluding hydrogens is 317 g/mol. The molecule has 0 spiro atoms. The van der Waals surface area contributed by atoms with Gasteiger partial charge in [-0.1, -0.05) is 0 Å². The van der Waals surface area contributed by atoms with Crippen molar-refractivity contribution in [1.29, 1.82) is 0 Å². The molecule has 6 nitrogen and oxygen atoms in total. The molecule has 1 heterocycles. The first kappa shape index (κ1) is 17.8. The van der Waals surface area contributed by atoms with Gasteiger partial charge in [-0.3, -0.25) is 0 Å². The van der Waals surface area contributed by atoms with E-state index in [0.717, 1.165) is 12.3 Å². The Hall–Kier alpha value is -2.57. The number of ether oxygens (including phenoxy) is 1. The largest absolute Gasteiger partial charge is 0.478 e. The minimum absolute atomic E-state index is 0.0986. The third-order valence-electron chi connectivity index (χ3n) is 3.24. The molecule has 24 heavy (non-hydrogen) atoms. The number of carbonyl (C=O) groups excluding carboxylic acids is 1. The summed E-state index contributed by atoms with van der Waals surface area (Å²) in [5, 5.41) is 12.0. The Bertz CT molecular complexity index is 775. The number of benzene rings is 1. The molecule has 0 bridgehead atoms. The van der Waals surface area contributed by atoms with Gasteiger partial charge in [0.1, 0.15) is 28.8 Å². The standard InChI is InChI=1S/C17H20FNO5/c1-9(19-16(22)24-17(2,3)4)5-10-6-11(18)7-12-13(15(20)21)8-23-14(10)12/h6-9H,5H2,1-4H3,(H,19,22)(H,20,21). The molecular formula is C17H20FNO5. The Morgan fingerprint density at radius 1 is 1.38 bits per heavy atom. The van der Waals surface area contributed by atoms with Gasteiger partial charge in [-0.15, -0.1) is 0 Å². The Morgan fingerprint density at radius 2 is 2.04 bits per heavy atom. The van der Waals surface area contributed by atoms with Crippen LogP contribution in [-0.2, 0) is 11.2 Å². The number of carboxylic acid groups (broad SMARTS) is 1. The number of halogens is 1. The molecule has 1 amide bonds. The van der Waals surface area contributed by atoms with Gasteiger partial charge in [0, 0.05) is 17.0 Å².